The number of hydrogen-bond donors (Lipinski definition) is 1. The summed E-state index contributed by atoms with van der Waals surface area (Å²) < 4.78 is 16.0. The third-order valence-corrected chi connectivity index (χ3v) is 4.21. The lowest BCUT2D eigenvalue weighted by atomic mass is 10.1. The molecule has 28 heavy (non-hydrogen) atoms. The molecule has 1 N–H and O–H groups in total. The molecule has 0 unspecified atom stereocenters. The molecule has 6 heteroatoms. The Morgan fingerprint density at radius 3 is 2.79 bits per heavy atom. The van der Waals surface area contributed by atoms with Crippen molar-refractivity contribution in [3.05, 3.63) is 75.7 Å². The predicted molar refractivity (Wildman–Crippen MR) is 105 cm³/mol. The Kier molecular flexibility index (Phi) is 5.79. The van der Waals surface area contributed by atoms with E-state index in [4.69, 9.17) is 13.9 Å². The normalized spacial score (nSPS) is 11.1. The number of ether oxygens (including phenoxy) is 2. The molecule has 0 aliphatic heterocycles. The van der Waals surface area contributed by atoms with Gasteiger partial charge in [-0.25, -0.2) is 9.59 Å². The molecule has 6 nitrogen and oxygen atoms in total. The summed E-state index contributed by atoms with van der Waals surface area (Å²) in [6, 6.07) is 11.8. The first-order valence-corrected chi connectivity index (χ1v) is 8.81. The fraction of sp³-hybridized carbons (Fsp3) is 0.182. The average Bonchev–Trinajstić information content (AvgIpc) is 2.69. The third kappa shape index (κ3) is 4.23. The van der Waals surface area contributed by atoms with E-state index in [0.717, 1.165) is 5.56 Å². The highest BCUT2D eigenvalue weighted by molar-refractivity contribution is 5.88. The summed E-state index contributed by atoms with van der Waals surface area (Å²) in [6.45, 7) is 3.96. The zero-order valence-corrected chi connectivity index (χ0v) is 15.6. The number of aryl methyl sites for hydroxylation is 1. The van der Waals surface area contributed by atoms with Crippen LogP contribution >= 0.6 is 0 Å². The molecule has 2 aromatic carbocycles. The molecule has 0 fully saturated rings. The maximum absolute atomic E-state index is 12.1. The van der Waals surface area contributed by atoms with Gasteiger partial charge in [0, 0.05) is 34.2 Å². The van der Waals surface area contributed by atoms with Crippen molar-refractivity contribution >= 4 is 23.0 Å². The lowest BCUT2D eigenvalue weighted by molar-refractivity contribution is -0.138. The molecule has 1 aromatic heterocycles. The molecule has 0 saturated carbocycles. The summed E-state index contributed by atoms with van der Waals surface area (Å²) in [4.78, 5) is 23.9. The first-order valence-electron chi connectivity index (χ1n) is 8.81. The quantitative estimate of drug-likeness (QED) is 0.396. The van der Waals surface area contributed by atoms with Crippen molar-refractivity contribution in [2.24, 2.45) is 0 Å². The number of rotatable bonds is 6. The highest BCUT2D eigenvalue weighted by Gasteiger charge is 2.12. The third-order valence-electron chi connectivity index (χ3n) is 4.21. The first kappa shape index (κ1) is 19.2. The van der Waals surface area contributed by atoms with Crippen molar-refractivity contribution in [2.75, 3.05) is 6.61 Å². The number of esters is 1. The monoisotopic (exact) mass is 380 g/mol. The van der Waals surface area contributed by atoms with Gasteiger partial charge in [-0.3, -0.25) is 0 Å². The summed E-state index contributed by atoms with van der Waals surface area (Å²) in [5.41, 5.74) is 1.42. The second kappa shape index (κ2) is 8.43. The predicted octanol–water partition coefficient (Wildman–Crippen LogP) is 3.96. The Morgan fingerprint density at radius 2 is 2.00 bits per heavy atom. The molecule has 0 saturated heterocycles. The van der Waals surface area contributed by atoms with Gasteiger partial charge in [0.05, 0.1) is 6.61 Å². The van der Waals surface area contributed by atoms with Crippen molar-refractivity contribution in [3.8, 4) is 11.5 Å². The molecule has 0 spiro atoms. The van der Waals surface area contributed by atoms with Crippen molar-refractivity contribution in [3.63, 3.8) is 0 Å². The lowest BCUT2D eigenvalue weighted by Gasteiger charge is -2.08. The average molecular weight is 380 g/mol. The minimum absolute atomic E-state index is 0.0284. The van der Waals surface area contributed by atoms with Gasteiger partial charge >= 0.3 is 11.6 Å². The van der Waals surface area contributed by atoms with Crippen LogP contribution in [0.2, 0.25) is 0 Å². The van der Waals surface area contributed by atoms with Gasteiger partial charge in [-0.1, -0.05) is 18.2 Å². The van der Waals surface area contributed by atoms with E-state index in [1.165, 1.54) is 18.2 Å². The molecule has 0 aliphatic carbocycles. The number of para-hydroxylation sites is 1. The van der Waals surface area contributed by atoms with Gasteiger partial charge in [-0.05, 0) is 38.1 Å². The number of phenols is 1. The number of carbonyl (C=O) groups is 1. The number of aromatic hydroxyl groups is 1. The second-order valence-electron chi connectivity index (χ2n) is 6.09. The fourth-order valence-electron chi connectivity index (χ4n) is 2.80. The standard InChI is InChI=1S/C22H20O6/c1-3-26-19-7-5-4-6-15(19)8-11-20(24)27-13-16-12-21(25)28-22-14(2)18(23)10-9-17(16)22/h4-12,23H,3,13H2,1-2H3/b11-8+. The van der Waals surface area contributed by atoms with Gasteiger partial charge in [0.15, 0.2) is 0 Å². The van der Waals surface area contributed by atoms with Crippen LogP contribution in [-0.4, -0.2) is 17.7 Å². The molecule has 1 heterocycles. The number of phenolic OH excluding ortho intramolecular Hbond substituents is 1. The van der Waals surface area contributed by atoms with Crippen molar-refractivity contribution < 1.29 is 23.8 Å². The Morgan fingerprint density at radius 1 is 1.21 bits per heavy atom. The number of hydrogen-bond acceptors (Lipinski definition) is 6. The van der Waals surface area contributed by atoms with Crippen LogP contribution in [0.3, 0.4) is 0 Å². The van der Waals surface area contributed by atoms with E-state index in [0.29, 0.717) is 28.9 Å². The van der Waals surface area contributed by atoms with E-state index in [1.807, 2.05) is 31.2 Å². The second-order valence-corrected chi connectivity index (χ2v) is 6.09. The van der Waals surface area contributed by atoms with Gasteiger partial charge in [-0.15, -0.1) is 0 Å². The summed E-state index contributed by atoms with van der Waals surface area (Å²) in [6.07, 6.45) is 2.93. The minimum Gasteiger partial charge on any atom is -0.508 e. The fourth-order valence-corrected chi connectivity index (χ4v) is 2.80. The molecule has 3 aromatic rings. The van der Waals surface area contributed by atoms with Gasteiger partial charge in [0.25, 0.3) is 0 Å². The topological polar surface area (TPSA) is 86.0 Å². The SMILES string of the molecule is CCOc1ccccc1/C=C/C(=O)OCc1cc(=O)oc2c(C)c(O)ccc12. The Hall–Kier alpha value is -3.54. The molecular formula is C22H20O6. The van der Waals surface area contributed by atoms with Crippen LogP contribution in [0.15, 0.2) is 57.8 Å². The zero-order valence-electron chi connectivity index (χ0n) is 15.6. The molecule has 0 amide bonds. The van der Waals surface area contributed by atoms with E-state index in [1.54, 1.807) is 19.1 Å². The van der Waals surface area contributed by atoms with E-state index < -0.39 is 11.6 Å². The summed E-state index contributed by atoms with van der Waals surface area (Å²) in [5.74, 6) is 0.153. The van der Waals surface area contributed by atoms with Crippen LogP contribution in [-0.2, 0) is 16.1 Å². The van der Waals surface area contributed by atoms with Crippen LogP contribution < -0.4 is 10.4 Å². The van der Waals surface area contributed by atoms with Crippen molar-refractivity contribution in [1.82, 2.24) is 0 Å². The largest absolute Gasteiger partial charge is 0.508 e. The van der Waals surface area contributed by atoms with Gasteiger partial charge < -0.3 is 19.0 Å². The van der Waals surface area contributed by atoms with Crippen LogP contribution in [0.1, 0.15) is 23.6 Å². The Balaban J connectivity index is 1.77. The van der Waals surface area contributed by atoms with Crippen LogP contribution in [0.4, 0.5) is 0 Å². The van der Waals surface area contributed by atoms with Gasteiger partial charge in [-0.2, -0.15) is 0 Å². The molecule has 0 aliphatic rings. The summed E-state index contributed by atoms with van der Waals surface area (Å²) in [5, 5.41) is 10.4. The van der Waals surface area contributed by atoms with Crippen LogP contribution in [0, 0.1) is 6.92 Å². The van der Waals surface area contributed by atoms with Crippen LogP contribution in [0.5, 0.6) is 11.5 Å². The summed E-state index contributed by atoms with van der Waals surface area (Å²) in [7, 11) is 0. The number of carbonyl (C=O) groups excluding carboxylic acids is 1. The zero-order chi connectivity index (χ0) is 20.1. The highest BCUT2D eigenvalue weighted by Crippen LogP contribution is 2.27. The molecule has 3 rings (SSSR count). The van der Waals surface area contributed by atoms with E-state index >= 15 is 0 Å². The molecule has 0 atom stereocenters. The molecular weight excluding hydrogens is 360 g/mol. The smallest absolute Gasteiger partial charge is 0.336 e. The van der Waals surface area contributed by atoms with Crippen molar-refractivity contribution in [2.45, 2.75) is 20.5 Å². The molecule has 0 radical (unpaired) electrons. The van der Waals surface area contributed by atoms with E-state index in [2.05, 4.69) is 0 Å². The molecule has 144 valence electrons. The highest BCUT2D eigenvalue weighted by atomic mass is 16.5. The Labute approximate surface area is 161 Å². The molecule has 0 bridgehead atoms. The number of benzene rings is 2. The first-order chi connectivity index (χ1) is 13.5. The number of fused-ring (bicyclic) bond motifs is 1. The maximum Gasteiger partial charge on any atom is 0.336 e. The van der Waals surface area contributed by atoms with Gasteiger partial charge in [0.2, 0.25) is 0 Å². The van der Waals surface area contributed by atoms with Crippen LogP contribution in [0.25, 0.3) is 17.0 Å². The van der Waals surface area contributed by atoms with Crippen molar-refractivity contribution in [1.29, 1.82) is 0 Å². The Bertz CT molecular complexity index is 1090. The van der Waals surface area contributed by atoms with Gasteiger partial charge in [0.1, 0.15) is 23.7 Å². The summed E-state index contributed by atoms with van der Waals surface area (Å²) >= 11 is 0. The van der Waals surface area contributed by atoms with E-state index in [-0.39, 0.29) is 17.9 Å². The lowest BCUT2D eigenvalue weighted by Crippen LogP contribution is -2.06. The maximum atomic E-state index is 12.1. The van der Waals surface area contributed by atoms with E-state index in [9.17, 15) is 14.7 Å². The minimum atomic E-state index is -0.576.